The number of hydrogen-bond acceptors (Lipinski definition) is 3. The average molecular weight is 225 g/mol. The highest BCUT2D eigenvalue weighted by Gasteiger charge is 2.08. The maximum Gasteiger partial charge on any atom is 0.269 e. The number of non-ortho nitro benzene ring substituents is 1. The smallest absolute Gasteiger partial charge is 0.269 e. The highest BCUT2D eigenvalue weighted by molar-refractivity contribution is 7.80. The number of nitro benzene ring substituents is 1. The van der Waals surface area contributed by atoms with Crippen LogP contribution in [0.2, 0.25) is 0 Å². The van der Waals surface area contributed by atoms with Gasteiger partial charge in [-0.05, 0) is 24.7 Å². The summed E-state index contributed by atoms with van der Waals surface area (Å²) in [6.07, 6.45) is 0. The third kappa shape index (κ3) is 3.17. The van der Waals surface area contributed by atoms with Crippen LogP contribution >= 0.6 is 12.2 Å². The summed E-state index contributed by atoms with van der Waals surface area (Å²) in [5.74, 6) is 0. The minimum absolute atomic E-state index is 0.0525. The van der Waals surface area contributed by atoms with Gasteiger partial charge in [-0.2, -0.15) is 0 Å². The van der Waals surface area contributed by atoms with Gasteiger partial charge in [-0.1, -0.05) is 12.1 Å². The van der Waals surface area contributed by atoms with Crippen molar-refractivity contribution in [2.75, 3.05) is 0 Å². The largest absolute Gasteiger partial charge is 0.376 e. The molecule has 1 aromatic rings. The fraction of sp³-hybridized carbons (Fsp3) is 0.222. The average Bonchev–Trinajstić information content (AvgIpc) is 2.17. The molecule has 80 valence electrons. The van der Waals surface area contributed by atoms with Crippen molar-refractivity contribution in [2.45, 2.75) is 13.0 Å². The molecule has 6 heteroatoms. The minimum Gasteiger partial charge on any atom is -0.376 e. The first-order valence-electron chi connectivity index (χ1n) is 4.31. The normalized spacial score (nSPS) is 11.8. The van der Waals surface area contributed by atoms with Gasteiger partial charge in [0.05, 0.1) is 11.0 Å². The Morgan fingerprint density at radius 1 is 1.53 bits per heavy atom. The van der Waals surface area contributed by atoms with Crippen LogP contribution in [0.5, 0.6) is 0 Å². The molecule has 1 rings (SSSR count). The standard InChI is InChI=1S/C9H11N3O2S/c1-6(11-9(10)15)7-2-4-8(5-3-7)12(13)14/h2-6H,1H3,(H3,10,11,15)/t6-/m0/s1. The van der Waals surface area contributed by atoms with Gasteiger partial charge in [0, 0.05) is 12.1 Å². The van der Waals surface area contributed by atoms with Crippen LogP contribution in [-0.2, 0) is 0 Å². The van der Waals surface area contributed by atoms with Crippen molar-refractivity contribution in [1.82, 2.24) is 5.32 Å². The van der Waals surface area contributed by atoms with E-state index in [0.29, 0.717) is 0 Å². The molecule has 1 atom stereocenters. The lowest BCUT2D eigenvalue weighted by molar-refractivity contribution is -0.384. The second-order valence-corrected chi connectivity index (χ2v) is 3.52. The fourth-order valence-electron chi connectivity index (χ4n) is 1.18. The number of hydrogen-bond donors (Lipinski definition) is 2. The third-order valence-electron chi connectivity index (χ3n) is 1.96. The van der Waals surface area contributed by atoms with Gasteiger partial charge < -0.3 is 11.1 Å². The lowest BCUT2D eigenvalue weighted by atomic mass is 10.1. The maximum atomic E-state index is 10.4. The molecule has 0 fully saturated rings. The first kappa shape index (κ1) is 11.4. The number of nitrogens with one attached hydrogen (secondary N) is 1. The lowest BCUT2D eigenvalue weighted by Gasteiger charge is -2.13. The number of thiocarbonyl (C=S) groups is 1. The monoisotopic (exact) mass is 225 g/mol. The van der Waals surface area contributed by atoms with Crippen LogP contribution < -0.4 is 11.1 Å². The number of nitrogens with two attached hydrogens (primary N) is 1. The van der Waals surface area contributed by atoms with Crippen LogP contribution in [0.25, 0.3) is 0 Å². The lowest BCUT2D eigenvalue weighted by Crippen LogP contribution is -2.31. The van der Waals surface area contributed by atoms with Crippen LogP contribution in [0.1, 0.15) is 18.5 Å². The molecule has 0 aliphatic heterocycles. The Kier molecular flexibility index (Phi) is 3.56. The van der Waals surface area contributed by atoms with Gasteiger partial charge in [0.25, 0.3) is 5.69 Å². The Hall–Kier alpha value is -1.69. The number of rotatable bonds is 3. The molecule has 0 aliphatic carbocycles. The van der Waals surface area contributed by atoms with E-state index in [1.807, 2.05) is 6.92 Å². The first-order valence-corrected chi connectivity index (χ1v) is 4.72. The third-order valence-corrected chi connectivity index (χ3v) is 2.08. The molecule has 0 radical (unpaired) electrons. The second-order valence-electron chi connectivity index (χ2n) is 3.08. The van der Waals surface area contributed by atoms with E-state index in [-0.39, 0.29) is 16.8 Å². The molecule has 0 spiro atoms. The Bertz CT molecular complexity index is 377. The highest BCUT2D eigenvalue weighted by Crippen LogP contribution is 2.17. The van der Waals surface area contributed by atoms with Crippen molar-refractivity contribution in [1.29, 1.82) is 0 Å². The molecule has 1 aromatic carbocycles. The van der Waals surface area contributed by atoms with Gasteiger partial charge in [0.15, 0.2) is 5.11 Å². The molecule has 0 heterocycles. The Labute approximate surface area is 92.4 Å². The van der Waals surface area contributed by atoms with Crippen molar-refractivity contribution in [3.8, 4) is 0 Å². The molecule has 0 bridgehead atoms. The molecule has 5 nitrogen and oxygen atoms in total. The summed E-state index contributed by atoms with van der Waals surface area (Å²) in [6, 6.07) is 6.20. The van der Waals surface area contributed by atoms with E-state index in [0.717, 1.165) is 5.56 Å². The summed E-state index contributed by atoms with van der Waals surface area (Å²) < 4.78 is 0. The molecular formula is C9H11N3O2S. The van der Waals surface area contributed by atoms with Crippen LogP contribution in [0, 0.1) is 10.1 Å². The number of nitro groups is 1. The summed E-state index contributed by atoms with van der Waals surface area (Å²) in [6.45, 7) is 1.88. The topological polar surface area (TPSA) is 81.2 Å². The molecule has 0 saturated carbocycles. The maximum absolute atomic E-state index is 10.4. The zero-order chi connectivity index (χ0) is 11.4. The van der Waals surface area contributed by atoms with Crippen LogP contribution in [-0.4, -0.2) is 10.0 Å². The summed E-state index contributed by atoms with van der Waals surface area (Å²) in [5.41, 5.74) is 6.29. The summed E-state index contributed by atoms with van der Waals surface area (Å²) in [4.78, 5) is 9.97. The van der Waals surface area contributed by atoms with Gasteiger partial charge >= 0.3 is 0 Å². The van der Waals surface area contributed by atoms with Crippen molar-refractivity contribution < 1.29 is 4.92 Å². The van der Waals surface area contributed by atoms with Crippen LogP contribution in [0.4, 0.5) is 5.69 Å². The summed E-state index contributed by atoms with van der Waals surface area (Å²) in [5, 5.41) is 13.5. The first-order chi connectivity index (χ1) is 7.00. The van der Waals surface area contributed by atoms with Gasteiger partial charge in [-0.3, -0.25) is 10.1 Å². The number of benzene rings is 1. The summed E-state index contributed by atoms with van der Waals surface area (Å²) in [7, 11) is 0. The van der Waals surface area contributed by atoms with Crippen molar-refractivity contribution in [3.05, 3.63) is 39.9 Å². The Morgan fingerprint density at radius 2 is 2.07 bits per heavy atom. The molecular weight excluding hydrogens is 214 g/mol. The molecule has 0 unspecified atom stereocenters. The summed E-state index contributed by atoms with van der Waals surface area (Å²) >= 11 is 4.70. The van der Waals surface area contributed by atoms with E-state index < -0.39 is 4.92 Å². The Morgan fingerprint density at radius 3 is 2.47 bits per heavy atom. The molecule has 0 aliphatic rings. The SMILES string of the molecule is C[C@H](NC(N)=S)c1ccc([N+](=O)[O-])cc1. The van der Waals surface area contributed by atoms with Crippen LogP contribution in [0.3, 0.4) is 0 Å². The van der Waals surface area contributed by atoms with E-state index in [1.165, 1.54) is 12.1 Å². The zero-order valence-electron chi connectivity index (χ0n) is 8.14. The zero-order valence-corrected chi connectivity index (χ0v) is 8.95. The van der Waals surface area contributed by atoms with Gasteiger partial charge in [0.2, 0.25) is 0 Å². The van der Waals surface area contributed by atoms with E-state index in [4.69, 9.17) is 18.0 Å². The van der Waals surface area contributed by atoms with E-state index in [2.05, 4.69) is 5.32 Å². The molecule has 0 saturated heterocycles. The molecule has 0 aromatic heterocycles. The highest BCUT2D eigenvalue weighted by atomic mass is 32.1. The van der Waals surface area contributed by atoms with Gasteiger partial charge in [-0.15, -0.1) is 0 Å². The van der Waals surface area contributed by atoms with Crippen molar-refractivity contribution in [3.63, 3.8) is 0 Å². The minimum atomic E-state index is -0.435. The second kappa shape index (κ2) is 4.70. The molecule has 0 amide bonds. The predicted molar refractivity (Wildman–Crippen MR) is 61.4 cm³/mol. The van der Waals surface area contributed by atoms with E-state index >= 15 is 0 Å². The van der Waals surface area contributed by atoms with E-state index in [1.54, 1.807) is 12.1 Å². The van der Waals surface area contributed by atoms with Gasteiger partial charge in [0.1, 0.15) is 0 Å². The number of nitrogens with zero attached hydrogens (tertiary/aromatic N) is 1. The molecule has 3 N–H and O–H groups in total. The predicted octanol–water partition coefficient (Wildman–Crippen LogP) is 1.49. The van der Waals surface area contributed by atoms with Crippen molar-refractivity contribution in [2.24, 2.45) is 5.73 Å². The van der Waals surface area contributed by atoms with Crippen LogP contribution in [0.15, 0.2) is 24.3 Å². The van der Waals surface area contributed by atoms with Crippen molar-refractivity contribution >= 4 is 23.0 Å². The quantitative estimate of drug-likeness (QED) is 0.462. The Balaban J connectivity index is 2.79. The fourth-order valence-corrected chi connectivity index (χ4v) is 1.36. The van der Waals surface area contributed by atoms with E-state index in [9.17, 15) is 10.1 Å². The van der Waals surface area contributed by atoms with Gasteiger partial charge in [-0.25, -0.2) is 0 Å². The molecule has 15 heavy (non-hydrogen) atoms.